The van der Waals surface area contributed by atoms with Crippen molar-refractivity contribution in [3.05, 3.63) is 33.4 Å². The molecule has 0 aliphatic heterocycles. The summed E-state index contributed by atoms with van der Waals surface area (Å²) >= 11 is 12.5. The second kappa shape index (κ2) is 4.71. The van der Waals surface area contributed by atoms with Gasteiger partial charge < -0.3 is 4.74 Å². The number of hydrogen-bond acceptors (Lipinski definition) is 2. The molecule has 0 bridgehead atoms. The lowest BCUT2D eigenvalue weighted by Crippen LogP contribution is -1.97. The standard InChI is InChI=1S/C13H13Cl2NO/c1-4-17-10-6-5-9(14)13-11(10)12(15)7(2)8(3)16-13/h5-6H,4H2,1-3H3. The van der Waals surface area contributed by atoms with Gasteiger partial charge in [-0.25, -0.2) is 0 Å². The van der Waals surface area contributed by atoms with E-state index in [1.54, 1.807) is 6.07 Å². The van der Waals surface area contributed by atoms with Crippen LogP contribution in [0.25, 0.3) is 10.9 Å². The van der Waals surface area contributed by atoms with E-state index in [1.807, 2.05) is 26.8 Å². The molecule has 0 spiro atoms. The zero-order chi connectivity index (χ0) is 12.6. The SMILES string of the molecule is CCOc1ccc(Cl)c2nc(C)c(C)c(Cl)c12. The number of nitrogens with zero attached hydrogens (tertiary/aromatic N) is 1. The summed E-state index contributed by atoms with van der Waals surface area (Å²) in [6.07, 6.45) is 0. The molecule has 0 fully saturated rings. The fourth-order valence-corrected chi connectivity index (χ4v) is 2.26. The van der Waals surface area contributed by atoms with Gasteiger partial charge in [-0.15, -0.1) is 0 Å². The monoisotopic (exact) mass is 269 g/mol. The Balaban J connectivity index is 2.88. The molecule has 17 heavy (non-hydrogen) atoms. The summed E-state index contributed by atoms with van der Waals surface area (Å²) in [7, 11) is 0. The predicted molar refractivity (Wildman–Crippen MR) is 72.4 cm³/mol. The molecule has 0 aliphatic rings. The van der Waals surface area contributed by atoms with Crippen LogP contribution in [0.1, 0.15) is 18.2 Å². The van der Waals surface area contributed by atoms with Gasteiger partial charge in [-0.05, 0) is 38.5 Å². The summed E-state index contributed by atoms with van der Waals surface area (Å²) in [5.74, 6) is 0.729. The van der Waals surface area contributed by atoms with Gasteiger partial charge in [0.15, 0.2) is 0 Å². The van der Waals surface area contributed by atoms with Gasteiger partial charge in [0.2, 0.25) is 0 Å². The fraction of sp³-hybridized carbons (Fsp3) is 0.308. The third kappa shape index (κ3) is 2.07. The molecular formula is C13H13Cl2NO. The predicted octanol–water partition coefficient (Wildman–Crippen LogP) is 4.56. The van der Waals surface area contributed by atoms with Crippen LogP contribution in [-0.4, -0.2) is 11.6 Å². The van der Waals surface area contributed by atoms with E-state index in [0.29, 0.717) is 22.2 Å². The maximum Gasteiger partial charge on any atom is 0.130 e. The Kier molecular flexibility index (Phi) is 3.45. The zero-order valence-corrected chi connectivity index (χ0v) is 11.5. The normalized spacial score (nSPS) is 10.9. The number of aromatic nitrogens is 1. The Hall–Kier alpha value is -0.990. The number of halogens is 2. The van der Waals surface area contributed by atoms with Crippen LogP contribution in [0, 0.1) is 13.8 Å². The molecule has 2 nitrogen and oxygen atoms in total. The third-order valence-corrected chi connectivity index (χ3v) is 3.54. The number of fused-ring (bicyclic) bond motifs is 1. The molecule has 0 amide bonds. The molecule has 0 unspecified atom stereocenters. The molecule has 0 radical (unpaired) electrons. The summed E-state index contributed by atoms with van der Waals surface area (Å²) in [4.78, 5) is 4.48. The molecule has 0 N–H and O–H groups in total. The van der Waals surface area contributed by atoms with Crippen molar-refractivity contribution >= 4 is 34.1 Å². The first-order valence-electron chi connectivity index (χ1n) is 5.44. The molecule has 4 heteroatoms. The Bertz CT molecular complexity index is 581. The van der Waals surface area contributed by atoms with Crippen LogP contribution >= 0.6 is 23.2 Å². The highest BCUT2D eigenvalue weighted by atomic mass is 35.5. The summed E-state index contributed by atoms with van der Waals surface area (Å²) in [5.41, 5.74) is 2.55. The molecule has 1 aromatic carbocycles. The van der Waals surface area contributed by atoms with Gasteiger partial charge in [0, 0.05) is 5.69 Å². The number of rotatable bonds is 2. The summed E-state index contributed by atoms with van der Waals surface area (Å²) in [6.45, 7) is 6.38. The van der Waals surface area contributed by atoms with Crippen LogP contribution < -0.4 is 4.74 Å². The molecule has 0 atom stereocenters. The topological polar surface area (TPSA) is 22.1 Å². The van der Waals surface area contributed by atoms with Crippen molar-refractivity contribution < 1.29 is 4.74 Å². The first-order chi connectivity index (χ1) is 8.06. The van der Waals surface area contributed by atoms with E-state index in [4.69, 9.17) is 27.9 Å². The molecule has 0 aliphatic carbocycles. The van der Waals surface area contributed by atoms with Crippen LogP contribution in [0.5, 0.6) is 5.75 Å². The van der Waals surface area contributed by atoms with Crippen molar-refractivity contribution in [1.82, 2.24) is 4.98 Å². The Morgan fingerprint density at radius 3 is 2.59 bits per heavy atom. The molecule has 1 aromatic heterocycles. The van der Waals surface area contributed by atoms with E-state index in [2.05, 4.69) is 4.98 Å². The highest BCUT2D eigenvalue weighted by molar-refractivity contribution is 6.40. The maximum absolute atomic E-state index is 6.37. The van der Waals surface area contributed by atoms with Crippen molar-refractivity contribution in [2.45, 2.75) is 20.8 Å². The molecule has 90 valence electrons. The van der Waals surface area contributed by atoms with Crippen LogP contribution in [0.3, 0.4) is 0 Å². The second-order valence-corrected chi connectivity index (χ2v) is 4.62. The average Bonchev–Trinajstić information content (AvgIpc) is 2.30. The highest BCUT2D eigenvalue weighted by Crippen LogP contribution is 2.37. The number of aryl methyl sites for hydroxylation is 1. The van der Waals surface area contributed by atoms with Gasteiger partial charge in [0.1, 0.15) is 5.75 Å². The lowest BCUT2D eigenvalue weighted by atomic mass is 10.1. The van der Waals surface area contributed by atoms with E-state index < -0.39 is 0 Å². The van der Waals surface area contributed by atoms with Gasteiger partial charge >= 0.3 is 0 Å². The molecule has 2 rings (SSSR count). The molecule has 1 heterocycles. The van der Waals surface area contributed by atoms with Crippen LogP contribution in [0.2, 0.25) is 10.0 Å². The number of hydrogen-bond donors (Lipinski definition) is 0. The van der Waals surface area contributed by atoms with Crippen LogP contribution in [0.4, 0.5) is 0 Å². The Morgan fingerprint density at radius 1 is 1.24 bits per heavy atom. The first-order valence-corrected chi connectivity index (χ1v) is 6.19. The number of ether oxygens (including phenoxy) is 1. The highest BCUT2D eigenvalue weighted by Gasteiger charge is 2.14. The largest absolute Gasteiger partial charge is 0.493 e. The molecular weight excluding hydrogens is 257 g/mol. The molecule has 2 aromatic rings. The van der Waals surface area contributed by atoms with E-state index in [0.717, 1.165) is 22.4 Å². The van der Waals surface area contributed by atoms with E-state index >= 15 is 0 Å². The Labute approximate surface area is 111 Å². The third-order valence-electron chi connectivity index (χ3n) is 2.76. The molecule has 0 saturated carbocycles. The average molecular weight is 270 g/mol. The van der Waals surface area contributed by atoms with E-state index in [9.17, 15) is 0 Å². The smallest absolute Gasteiger partial charge is 0.130 e. The van der Waals surface area contributed by atoms with Crippen molar-refractivity contribution in [1.29, 1.82) is 0 Å². The van der Waals surface area contributed by atoms with Crippen LogP contribution in [-0.2, 0) is 0 Å². The van der Waals surface area contributed by atoms with Crippen LogP contribution in [0.15, 0.2) is 12.1 Å². The van der Waals surface area contributed by atoms with Crippen molar-refractivity contribution in [2.24, 2.45) is 0 Å². The lowest BCUT2D eigenvalue weighted by molar-refractivity contribution is 0.344. The van der Waals surface area contributed by atoms with Gasteiger partial charge in [0.05, 0.1) is 27.6 Å². The van der Waals surface area contributed by atoms with Crippen molar-refractivity contribution in [3.8, 4) is 5.75 Å². The van der Waals surface area contributed by atoms with Crippen molar-refractivity contribution in [3.63, 3.8) is 0 Å². The van der Waals surface area contributed by atoms with Gasteiger partial charge in [-0.1, -0.05) is 23.2 Å². The lowest BCUT2D eigenvalue weighted by Gasteiger charge is -2.12. The van der Waals surface area contributed by atoms with Crippen molar-refractivity contribution in [2.75, 3.05) is 6.61 Å². The minimum absolute atomic E-state index is 0.583. The zero-order valence-electron chi connectivity index (χ0n) is 9.97. The quantitative estimate of drug-likeness (QED) is 0.798. The van der Waals surface area contributed by atoms with Gasteiger partial charge in [-0.3, -0.25) is 4.98 Å². The fourth-order valence-electron chi connectivity index (χ4n) is 1.74. The van der Waals surface area contributed by atoms with E-state index in [1.165, 1.54) is 0 Å². The summed E-state index contributed by atoms with van der Waals surface area (Å²) in [6, 6.07) is 3.61. The maximum atomic E-state index is 6.37. The number of benzene rings is 1. The number of pyridine rings is 1. The molecule has 0 saturated heterocycles. The summed E-state index contributed by atoms with van der Waals surface area (Å²) in [5, 5.41) is 2.05. The van der Waals surface area contributed by atoms with Gasteiger partial charge in [0.25, 0.3) is 0 Å². The minimum atomic E-state index is 0.583. The first kappa shape index (κ1) is 12.5. The summed E-state index contributed by atoms with van der Waals surface area (Å²) < 4.78 is 5.57. The second-order valence-electron chi connectivity index (χ2n) is 3.84. The minimum Gasteiger partial charge on any atom is -0.493 e. The van der Waals surface area contributed by atoms with E-state index in [-0.39, 0.29) is 0 Å². The van der Waals surface area contributed by atoms with Gasteiger partial charge in [-0.2, -0.15) is 0 Å². The Morgan fingerprint density at radius 2 is 1.94 bits per heavy atom.